The summed E-state index contributed by atoms with van der Waals surface area (Å²) in [5.41, 5.74) is 13.5. The van der Waals surface area contributed by atoms with Gasteiger partial charge in [0.2, 0.25) is 0 Å². The lowest BCUT2D eigenvalue weighted by atomic mass is 9.81. The van der Waals surface area contributed by atoms with Gasteiger partial charge < -0.3 is 4.57 Å². The van der Waals surface area contributed by atoms with E-state index < -0.39 is 0 Å². The summed E-state index contributed by atoms with van der Waals surface area (Å²) in [5.74, 6) is 0.686. The lowest BCUT2D eigenvalue weighted by molar-refractivity contribution is 0.660. The largest absolute Gasteiger partial charge is 0.309 e. The number of nitrogens with zero attached hydrogens (tertiary/aromatic N) is 4. The van der Waals surface area contributed by atoms with Crippen LogP contribution in [0.2, 0.25) is 0 Å². The van der Waals surface area contributed by atoms with Crippen molar-refractivity contribution >= 4 is 21.8 Å². The first-order valence-electron chi connectivity index (χ1n) is 16.2. The van der Waals surface area contributed by atoms with Crippen molar-refractivity contribution in [3.8, 4) is 56.8 Å². The van der Waals surface area contributed by atoms with Gasteiger partial charge in [0, 0.05) is 38.6 Å². The summed E-state index contributed by atoms with van der Waals surface area (Å²) in [5, 5.41) is 12.0. The highest BCUT2D eigenvalue weighted by atomic mass is 15.0. The Morgan fingerprint density at radius 3 is 1.94 bits per heavy atom. The third-order valence-corrected chi connectivity index (χ3v) is 9.84. The van der Waals surface area contributed by atoms with Crippen molar-refractivity contribution in [3.05, 3.63) is 162 Å². The summed E-state index contributed by atoms with van der Waals surface area (Å²) in [6, 6.07) is 53.1. The molecule has 0 N–H and O–H groups in total. The standard InChI is InChI=1S/C44H30N4/c1-44(2)37-23-28(27-45)17-20-33(37)34-21-18-31(25-38(34)44)43-46-39(29-11-5-3-6-12-29)26-40(47-43)30-19-22-42-36(24-30)35-15-9-10-16-41(35)48(42)32-13-7-4-8-14-32/h3-26H,1-2H3. The second-order valence-corrected chi connectivity index (χ2v) is 13.0. The van der Waals surface area contributed by atoms with E-state index in [0.29, 0.717) is 11.4 Å². The van der Waals surface area contributed by atoms with Crippen LogP contribution in [-0.2, 0) is 5.41 Å². The van der Waals surface area contributed by atoms with Crippen molar-refractivity contribution in [1.29, 1.82) is 5.26 Å². The minimum absolute atomic E-state index is 0.259. The smallest absolute Gasteiger partial charge is 0.160 e. The molecule has 226 valence electrons. The van der Waals surface area contributed by atoms with Crippen LogP contribution in [0.3, 0.4) is 0 Å². The molecule has 6 aromatic carbocycles. The van der Waals surface area contributed by atoms with Gasteiger partial charge in [-0.05, 0) is 76.9 Å². The molecule has 0 saturated heterocycles. The third-order valence-electron chi connectivity index (χ3n) is 9.84. The topological polar surface area (TPSA) is 54.5 Å². The van der Waals surface area contributed by atoms with Crippen molar-refractivity contribution < 1.29 is 0 Å². The maximum Gasteiger partial charge on any atom is 0.160 e. The third kappa shape index (κ3) is 4.29. The zero-order valence-electron chi connectivity index (χ0n) is 26.6. The van der Waals surface area contributed by atoms with Gasteiger partial charge in [-0.1, -0.05) is 105 Å². The van der Waals surface area contributed by atoms with Crippen LogP contribution in [0.5, 0.6) is 0 Å². The van der Waals surface area contributed by atoms with Crippen LogP contribution in [0.4, 0.5) is 0 Å². The fourth-order valence-corrected chi connectivity index (χ4v) is 7.41. The summed E-state index contributed by atoms with van der Waals surface area (Å²) in [7, 11) is 0. The number of fused-ring (bicyclic) bond motifs is 6. The van der Waals surface area contributed by atoms with Crippen LogP contribution in [0, 0.1) is 11.3 Å². The molecule has 2 aromatic heterocycles. The van der Waals surface area contributed by atoms with Gasteiger partial charge in [-0.25, -0.2) is 9.97 Å². The van der Waals surface area contributed by atoms with Gasteiger partial charge in [0.05, 0.1) is 34.1 Å². The Labute approximate surface area is 279 Å². The molecule has 1 aliphatic carbocycles. The van der Waals surface area contributed by atoms with Gasteiger partial charge in [0.15, 0.2) is 5.82 Å². The summed E-state index contributed by atoms with van der Waals surface area (Å²) in [4.78, 5) is 10.4. The summed E-state index contributed by atoms with van der Waals surface area (Å²) < 4.78 is 2.33. The van der Waals surface area contributed by atoms with Crippen molar-refractivity contribution in [2.45, 2.75) is 19.3 Å². The Hall–Kier alpha value is -6.31. The molecular weight excluding hydrogens is 585 g/mol. The van der Waals surface area contributed by atoms with E-state index in [9.17, 15) is 5.26 Å². The number of nitriles is 1. The number of benzene rings is 6. The number of rotatable bonds is 4. The molecule has 2 heterocycles. The fourth-order valence-electron chi connectivity index (χ4n) is 7.41. The lowest BCUT2D eigenvalue weighted by Gasteiger charge is -2.22. The normalized spacial score (nSPS) is 12.9. The Morgan fingerprint density at radius 2 is 1.17 bits per heavy atom. The molecule has 0 unspecified atom stereocenters. The van der Waals surface area contributed by atoms with Crippen molar-refractivity contribution in [1.82, 2.24) is 14.5 Å². The molecule has 0 aliphatic heterocycles. The van der Waals surface area contributed by atoms with E-state index in [2.05, 4.69) is 140 Å². The molecule has 0 atom stereocenters. The minimum atomic E-state index is -0.259. The molecule has 0 radical (unpaired) electrons. The molecule has 0 fully saturated rings. The first-order valence-corrected chi connectivity index (χ1v) is 16.2. The average Bonchev–Trinajstić information content (AvgIpc) is 3.59. The zero-order valence-corrected chi connectivity index (χ0v) is 26.6. The van der Waals surface area contributed by atoms with Gasteiger partial charge in [-0.2, -0.15) is 5.26 Å². The Kier molecular flexibility index (Phi) is 6.19. The Bertz CT molecular complexity index is 2590. The molecule has 0 bridgehead atoms. The number of para-hydroxylation sites is 2. The summed E-state index contributed by atoms with van der Waals surface area (Å²) in [6.45, 7) is 4.47. The van der Waals surface area contributed by atoms with Gasteiger partial charge in [0.1, 0.15) is 0 Å². The van der Waals surface area contributed by atoms with Crippen molar-refractivity contribution in [2.24, 2.45) is 0 Å². The Balaban J connectivity index is 1.23. The van der Waals surface area contributed by atoms with Crippen LogP contribution < -0.4 is 0 Å². The predicted molar refractivity (Wildman–Crippen MR) is 195 cm³/mol. The maximum atomic E-state index is 9.58. The van der Waals surface area contributed by atoms with Gasteiger partial charge >= 0.3 is 0 Å². The molecule has 1 aliphatic rings. The van der Waals surface area contributed by atoms with Gasteiger partial charge in [-0.3, -0.25) is 0 Å². The quantitative estimate of drug-likeness (QED) is 0.198. The molecular formula is C44H30N4. The van der Waals surface area contributed by atoms with E-state index in [1.807, 2.05) is 30.3 Å². The van der Waals surface area contributed by atoms with Gasteiger partial charge in [0.25, 0.3) is 0 Å². The second kappa shape index (κ2) is 10.6. The van der Waals surface area contributed by atoms with E-state index in [4.69, 9.17) is 9.97 Å². The number of hydrogen-bond donors (Lipinski definition) is 0. The van der Waals surface area contributed by atoms with E-state index in [-0.39, 0.29) is 5.41 Å². The number of aromatic nitrogens is 3. The van der Waals surface area contributed by atoms with Crippen LogP contribution in [0.25, 0.3) is 72.5 Å². The lowest BCUT2D eigenvalue weighted by Crippen LogP contribution is -2.15. The van der Waals surface area contributed by atoms with Crippen LogP contribution >= 0.6 is 0 Å². The molecule has 9 rings (SSSR count). The van der Waals surface area contributed by atoms with Crippen LogP contribution in [0.1, 0.15) is 30.5 Å². The van der Waals surface area contributed by atoms with Crippen LogP contribution in [-0.4, -0.2) is 14.5 Å². The molecule has 0 saturated carbocycles. The highest BCUT2D eigenvalue weighted by Crippen LogP contribution is 2.50. The predicted octanol–water partition coefficient (Wildman–Crippen LogP) is 10.8. The van der Waals surface area contributed by atoms with E-state index in [1.54, 1.807) is 0 Å². The highest BCUT2D eigenvalue weighted by molar-refractivity contribution is 6.10. The van der Waals surface area contributed by atoms with E-state index in [0.717, 1.165) is 39.3 Å². The van der Waals surface area contributed by atoms with Crippen molar-refractivity contribution in [2.75, 3.05) is 0 Å². The van der Waals surface area contributed by atoms with E-state index in [1.165, 1.54) is 38.5 Å². The molecule has 0 spiro atoms. The SMILES string of the molecule is CC1(C)c2cc(C#N)ccc2-c2ccc(-c3nc(-c4ccccc4)cc(-c4ccc5c(c4)c4ccccc4n5-c4ccccc4)n3)cc21. The fraction of sp³-hybridized carbons (Fsp3) is 0.0682. The maximum absolute atomic E-state index is 9.58. The van der Waals surface area contributed by atoms with Crippen molar-refractivity contribution in [3.63, 3.8) is 0 Å². The highest BCUT2D eigenvalue weighted by Gasteiger charge is 2.36. The monoisotopic (exact) mass is 614 g/mol. The molecule has 8 aromatic rings. The van der Waals surface area contributed by atoms with E-state index >= 15 is 0 Å². The van der Waals surface area contributed by atoms with Gasteiger partial charge in [-0.15, -0.1) is 0 Å². The van der Waals surface area contributed by atoms with Crippen LogP contribution in [0.15, 0.2) is 146 Å². The molecule has 4 nitrogen and oxygen atoms in total. The molecule has 48 heavy (non-hydrogen) atoms. The summed E-state index contributed by atoms with van der Waals surface area (Å²) in [6.07, 6.45) is 0. The zero-order chi connectivity index (χ0) is 32.4. The number of hydrogen-bond acceptors (Lipinski definition) is 3. The summed E-state index contributed by atoms with van der Waals surface area (Å²) >= 11 is 0. The first-order chi connectivity index (χ1) is 23.5. The minimum Gasteiger partial charge on any atom is -0.309 e. The second-order valence-electron chi connectivity index (χ2n) is 13.0. The average molecular weight is 615 g/mol. The molecule has 4 heteroatoms. The Morgan fingerprint density at radius 1 is 0.542 bits per heavy atom. The molecule has 0 amide bonds. The first kappa shape index (κ1) is 28.0.